The Hall–Kier alpha value is -0.780. The van der Waals surface area contributed by atoms with Gasteiger partial charge in [-0.1, -0.05) is 46.0 Å². The van der Waals surface area contributed by atoms with E-state index in [4.69, 9.17) is 0 Å². The molecule has 1 aromatic carbocycles. The van der Waals surface area contributed by atoms with E-state index in [0.717, 1.165) is 10.2 Å². The van der Waals surface area contributed by atoms with Crippen molar-refractivity contribution in [1.82, 2.24) is 0 Å². The number of thiophene rings is 1. The zero-order valence-electron chi connectivity index (χ0n) is 6.88. The first-order chi connectivity index (χ1) is 6.40. The molecule has 0 unspecified atom stereocenters. The molecule has 2 rings (SSSR count). The van der Waals surface area contributed by atoms with Crippen molar-refractivity contribution < 1.29 is 0 Å². The van der Waals surface area contributed by atoms with Gasteiger partial charge in [-0.05, 0) is 17.5 Å². The molecule has 0 nitrogen and oxygen atoms in total. The van der Waals surface area contributed by atoms with Crippen molar-refractivity contribution in [3.05, 3.63) is 35.2 Å². The molecular weight excluding hydrogens is 244 g/mol. The number of alkyl halides is 1. The van der Waals surface area contributed by atoms with Crippen molar-refractivity contribution in [2.45, 2.75) is 0 Å². The maximum absolute atomic E-state index is 3.28. The molecule has 0 spiro atoms. The summed E-state index contributed by atoms with van der Waals surface area (Å²) in [6.45, 7) is 0. The van der Waals surface area contributed by atoms with E-state index in [2.05, 4.69) is 58.1 Å². The van der Waals surface area contributed by atoms with Gasteiger partial charge < -0.3 is 0 Å². The van der Waals surface area contributed by atoms with Gasteiger partial charge >= 0.3 is 0 Å². The Kier molecular flexibility index (Phi) is 2.68. The molecule has 0 atom stereocenters. The van der Waals surface area contributed by atoms with Crippen LogP contribution in [0.25, 0.3) is 10.1 Å². The highest BCUT2D eigenvalue weighted by Gasteiger charge is 1.96. The van der Waals surface area contributed by atoms with E-state index in [1.165, 1.54) is 10.1 Å². The van der Waals surface area contributed by atoms with Gasteiger partial charge in [-0.2, -0.15) is 0 Å². The van der Waals surface area contributed by atoms with Crippen molar-refractivity contribution in [2.24, 2.45) is 0 Å². The molecular formula is C11H7BrS. The molecule has 0 radical (unpaired) electrons. The predicted molar refractivity (Wildman–Crippen MR) is 62.5 cm³/mol. The van der Waals surface area contributed by atoms with Crippen molar-refractivity contribution in [1.29, 1.82) is 0 Å². The van der Waals surface area contributed by atoms with Crippen LogP contribution in [-0.4, -0.2) is 5.33 Å². The molecule has 0 aliphatic heterocycles. The predicted octanol–water partition coefficient (Wildman–Crippen LogP) is 3.65. The molecule has 0 saturated carbocycles. The molecule has 13 heavy (non-hydrogen) atoms. The van der Waals surface area contributed by atoms with Crippen molar-refractivity contribution in [2.75, 3.05) is 5.33 Å². The second-order valence-corrected chi connectivity index (χ2v) is 4.23. The summed E-state index contributed by atoms with van der Waals surface area (Å²) in [5.41, 5.74) is 0. The molecule has 0 aliphatic rings. The van der Waals surface area contributed by atoms with Crippen LogP contribution in [0.5, 0.6) is 0 Å². The second-order valence-electron chi connectivity index (χ2n) is 2.58. The average Bonchev–Trinajstić information content (AvgIpc) is 2.57. The lowest BCUT2D eigenvalue weighted by Gasteiger charge is -1.82. The Balaban J connectivity index is 2.50. The number of rotatable bonds is 0. The monoisotopic (exact) mass is 250 g/mol. The molecule has 0 fully saturated rings. The highest BCUT2D eigenvalue weighted by molar-refractivity contribution is 9.09. The van der Waals surface area contributed by atoms with Crippen LogP contribution in [0.15, 0.2) is 30.3 Å². The summed E-state index contributed by atoms with van der Waals surface area (Å²) in [4.78, 5) is 1.14. The summed E-state index contributed by atoms with van der Waals surface area (Å²) in [6, 6.07) is 10.5. The molecule has 0 N–H and O–H groups in total. The third-order valence-corrected chi connectivity index (χ3v) is 3.02. The van der Waals surface area contributed by atoms with Crippen LogP contribution >= 0.6 is 27.3 Å². The fraction of sp³-hybridized carbons (Fsp3) is 0.0909. The maximum Gasteiger partial charge on any atom is 0.0781 e. The number of fused-ring (bicyclic) bond motifs is 1. The molecule has 1 heterocycles. The number of hydrogen-bond donors (Lipinski definition) is 0. The van der Waals surface area contributed by atoms with Crippen LogP contribution in [-0.2, 0) is 0 Å². The van der Waals surface area contributed by atoms with Crippen LogP contribution in [0.1, 0.15) is 4.88 Å². The molecule has 0 saturated heterocycles. The second kappa shape index (κ2) is 3.95. The Morgan fingerprint density at radius 2 is 2.15 bits per heavy atom. The standard InChI is InChI=1S/C11H7BrS/c12-7-3-5-10-8-9-4-1-2-6-11(9)13-10/h1-2,4,6,8H,7H2. The first-order valence-corrected chi connectivity index (χ1v) is 5.87. The zero-order valence-corrected chi connectivity index (χ0v) is 9.28. The van der Waals surface area contributed by atoms with Gasteiger partial charge in [0, 0.05) is 4.70 Å². The third kappa shape index (κ3) is 1.93. The fourth-order valence-electron chi connectivity index (χ4n) is 1.16. The van der Waals surface area contributed by atoms with Gasteiger partial charge in [-0.15, -0.1) is 11.3 Å². The minimum absolute atomic E-state index is 0.737. The van der Waals surface area contributed by atoms with E-state index in [1.807, 2.05) is 0 Å². The normalized spacial score (nSPS) is 9.62. The van der Waals surface area contributed by atoms with E-state index >= 15 is 0 Å². The highest BCUT2D eigenvalue weighted by Crippen LogP contribution is 2.24. The van der Waals surface area contributed by atoms with E-state index in [1.54, 1.807) is 11.3 Å². The van der Waals surface area contributed by atoms with Gasteiger partial charge in [-0.3, -0.25) is 0 Å². The van der Waals surface area contributed by atoms with Crippen LogP contribution < -0.4 is 0 Å². The molecule has 0 amide bonds. The number of halogens is 1. The van der Waals surface area contributed by atoms with Crippen molar-refractivity contribution >= 4 is 37.4 Å². The lowest BCUT2D eigenvalue weighted by atomic mass is 10.2. The summed E-state index contributed by atoms with van der Waals surface area (Å²) >= 11 is 5.02. The molecule has 0 bridgehead atoms. The maximum atomic E-state index is 3.28. The quantitative estimate of drug-likeness (QED) is 0.495. The molecule has 64 valence electrons. The highest BCUT2D eigenvalue weighted by atomic mass is 79.9. The Bertz CT molecular complexity index is 440. The topological polar surface area (TPSA) is 0 Å². The first-order valence-electron chi connectivity index (χ1n) is 3.93. The van der Waals surface area contributed by atoms with E-state index in [9.17, 15) is 0 Å². The SMILES string of the molecule is BrCC#Cc1cc2ccccc2s1. The number of hydrogen-bond acceptors (Lipinski definition) is 1. The van der Waals surface area contributed by atoms with Gasteiger partial charge in [0.2, 0.25) is 0 Å². The van der Waals surface area contributed by atoms with Crippen molar-refractivity contribution in [3.63, 3.8) is 0 Å². The summed E-state index contributed by atoms with van der Waals surface area (Å²) in [5.74, 6) is 6.11. The smallest absolute Gasteiger partial charge is 0.0781 e. The van der Waals surface area contributed by atoms with Crippen LogP contribution in [0.4, 0.5) is 0 Å². The molecule has 0 aliphatic carbocycles. The average molecular weight is 251 g/mol. The van der Waals surface area contributed by atoms with Gasteiger partial charge in [0.05, 0.1) is 10.2 Å². The van der Waals surface area contributed by atoms with E-state index < -0.39 is 0 Å². The number of benzene rings is 1. The Morgan fingerprint density at radius 3 is 2.92 bits per heavy atom. The minimum Gasteiger partial charge on any atom is -0.127 e. The van der Waals surface area contributed by atoms with Gasteiger partial charge in [0.15, 0.2) is 0 Å². The lowest BCUT2D eigenvalue weighted by molar-refractivity contribution is 1.85. The fourth-order valence-corrected chi connectivity index (χ4v) is 2.24. The molecule has 2 aromatic rings. The van der Waals surface area contributed by atoms with Gasteiger partial charge in [-0.25, -0.2) is 0 Å². The van der Waals surface area contributed by atoms with Crippen LogP contribution in [0.2, 0.25) is 0 Å². The van der Waals surface area contributed by atoms with Gasteiger partial charge in [0.25, 0.3) is 0 Å². The van der Waals surface area contributed by atoms with E-state index in [0.29, 0.717) is 0 Å². The molecule has 1 aromatic heterocycles. The summed E-state index contributed by atoms with van der Waals surface area (Å²) < 4.78 is 1.31. The van der Waals surface area contributed by atoms with Gasteiger partial charge in [0.1, 0.15) is 0 Å². The minimum atomic E-state index is 0.737. The van der Waals surface area contributed by atoms with Crippen molar-refractivity contribution in [3.8, 4) is 11.8 Å². The first kappa shape index (κ1) is 8.80. The van der Waals surface area contributed by atoms with E-state index in [-0.39, 0.29) is 0 Å². The summed E-state index contributed by atoms with van der Waals surface area (Å²) in [7, 11) is 0. The molecule has 2 heteroatoms. The van der Waals surface area contributed by atoms with Crippen LogP contribution in [0.3, 0.4) is 0 Å². The summed E-state index contributed by atoms with van der Waals surface area (Å²) in [6.07, 6.45) is 0. The summed E-state index contributed by atoms with van der Waals surface area (Å²) in [5, 5.41) is 2.02. The lowest BCUT2D eigenvalue weighted by Crippen LogP contribution is -1.61. The largest absolute Gasteiger partial charge is 0.127 e. The Labute approximate surface area is 89.7 Å². The van der Waals surface area contributed by atoms with Crippen LogP contribution in [0, 0.1) is 11.8 Å². The zero-order chi connectivity index (χ0) is 9.10. The third-order valence-electron chi connectivity index (χ3n) is 1.70. The Morgan fingerprint density at radius 1 is 1.31 bits per heavy atom.